The van der Waals surface area contributed by atoms with Gasteiger partial charge in [0.1, 0.15) is 5.75 Å². The van der Waals surface area contributed by atoms with Crippen LogP contribution in [0.5, 0.6) is 5.75 Å². The monoisotopic (exact) mass is 538 g/mol. The average molecular weight is 538 g/mol. The number of guanidine groups is 1. The maximum atomic E-state index is 10.7. The van der Waals surface area contributed by atoms with E-state index in [1.54, 1.807) is 7.05 Å². The fourth-order valence-electron chi connectivity index (χ4n) is 2.95. The fraction of sp³-hybridized carbons (Fsp3) is 0.417. The predicted molar refractivity (Wildman–Crippen MR) is 138 cm³/mol. The van der Waals surface area contributed by atoms with Gasteiger partial charge in [-0.05, 0) is 47.1 Å². The lowest BCUT2D eigenvalue weighted by atomic mass is 9.86. The second-order valence-electron chi connectivity index (χ2n) is 8.27. The number of aliphatic imine (C=N–C) groups is 1. The van der Waals surface area contributed by atoms with Gasteiger partial charge in [-0.15, -0.1) is 24.0 Å². The molecule has 0 spiro atoms. The molecule has 0 fully saturated rings. The van der Waals surface area contributed by atoms with Crippen molar-refractivity contribution in [1.29, 1.82) is 0 Å². The molecule has 1 amide bonds. The first-order valence-corrected chi connectivity index (χ1v) is 10.3. The second kappa shape index (κ2) is 13.2. The van der Waals surface area contributed by atoms with Crippen molar-refractivity contribution in [3.63, 3.8) is 0 Å². The molecule has 0 aromatic heterocycles. The molecule has 0 aliphatic rings. The zero-order chi connectivity index (χ0) is 22.0. The summed E-state index contributed by atoms with van der Waals surface area (Å²) in [6.07, 6.45) is 1.79. The van der Waals surface area contributed by atoms with E-state index in [2.05, 4.69) is 60.7 Å². The van der Waals surface area contributed by atoms with Crippen LogP contribution in [0.25, 0.3) is 0 Å². The molecule has 0 atom stereocenters. The van der Waals surface area contributed by atoms with Gasteiger partial charge in [-0.25, -0.2) is 0 Å². The Labute approximate surface area is 203 Å². The molecule has 31 heavy (non-hydrogen) atoms. The number of rotatable bonds is 9. The Bertz CT molecular complexity index is 828. The molecule has 0 saturated heterocycles. The lowest BCUT2D eigenvalue weighted by Gasteiger charge is -2.19. The molecule has 0 heterocycles. The van der Waals surface area contributed by atoms with E-state index >= 15 is 0 Å². The van der Waals surface area contributed by atoms with E-state index in [9.17, 15) is 4.79 Å². The number of benzene rings is 2. The Kier molecular flexibility index (Phi) is 11.4. The van der Waals surface area contributed by atoms with E-state index in [0.717, 1.165) is 31.9 Å². The highest BCUT2D eigenvalue weighted by molar-refractivity contribution is 14.0. The Morgan fingerprint density at radius 3 is 1.84 bits per heavy atom. The highest BCUT2D eigenvalue weighted by Gasteiger charge is 2.12. The van der Waals surface area contributed by atoms with Crippen LogP contribution in [0.15, 0.2) is 53.5 Å². The van der Waals surface area contributed by atoms with Crippen LogP contribution in [0.4, 0.5) is 0 Å². The molecule has 0 unspecified atom stereocenters. The van der Waals surface area contributed by atoms with Gasteiger partial charge in [0, 0.05) is 20.1 Å². The molecule has 170 valence electrons. The summed E-state index contributed by atoms with van der Waals surface area (Å²) in [6.45, 7) is 8.16. The number of primary amides is 1. The Hall–Kier alpha value is -2.29. The van der Waals surface area contributed by atoms with Crippen LogP contribution in [0.3, 0.4) is 0 Å². The fourth-order valence-corrected chi connectivity index (χ4v) is 2.95. The van der Waals surface area contributed by atoms with E-state index in [1.807, 2.05) is 24.3 Å². The van der Waals surface area contributed by atoms with E-state index in [-0.39, 0.29) is 36.0 Å². The largest absolute Gasteiger partial charge is 0.484 e. The maximum Gasteiger partial charge on any atom is 0.255 e. The zero-order valence-corrected chi connectivity index (χ0v) is 21.2. The molecule has 7 heteroatoms. The molecule has 6 nitrogen and oxygen atoms in total. The summed E-state index contributed by atoms with van der Waals surface area (Å²) in [6, 6.07) is 16.5. The highest BCUT2D eigenvalue weighted by atomic mass is 127. The molecule has 0 aliphatic heterocycles. The van der Waals surface area contributed by atoms with E-state index in [0.29, 0.717) is 5.75 Å². The number of hydrogen-bond acceptors (Lipinski definition) is 3. The summed E-state index contributed by atoms with van der Waals surface area (Å²) < 4.78 is 5.27. The summed E-state index contributed by atoms with van der Waals surface area (Å²) in [5.74, 6) is 0.949. The maximum absolute atomic E-state index is 10.7. The molecule has 2 aromatic rings. The number of nitrogens with two attached hydrogens (primary N) is 1. The summed E-state index contributed by atoms with van der Waals surface area (Å²) in [5.41, 5.74) is 9.09. The van der Waals surface area contributed by atoms with Crippen LogP contribution in [0.2, 0.25) is 0 Å². The molecule has 0 saturated carbocycles. The predicted octanol–water partition coefficient (Wildman–Crippen LogP) is 3.42. The van der Waals surface area contributed by atoms with E-state index in [4.69, 9.17) is 10.5 Å². The zero-order valence-electron chi connectivity index (χ0n) is 18.9. The highest BCUT2D eigenvalue weighted by Crippen LogP contribution is 2.22. The van der Waals surface area contributed by atoms with Gasteiger partial charge >= 0.3 is 0 Å². The number of ether oxygens (including phenoxy) is 1. The average Bonchev–Trinajstić information content (AvgIpc) is 2.71. The van der Waals surface area contributed by atoms with Gasteiger partial charge in [0.2, 0.25) is 0 Å². The number of hydrogen-bond donors (Lipinski definition) is 3. The quantitative estimate of drug-likeness (QED) is 0.260. The molecule has 4 N–H and O–H groups in total. The normalized spacial score (nSPS) is 11.4. The van der Waals surface area contributed by atoms with Crippen molar-refractivity contribution in [3.8, 4) is 5.75 Å². The van der Waals surface area contributed by atoms with Crippen molar-refractivity contribution >= 4 is 35.8 Å². The SMILES string of the molecule is CN=C(NCCc1ccc(OCC(N)=O)cc1)NCCc1ccc(C(C)(C)C)cc1.I. The van der Waals surface area contributed by atoms with Gasteiger partial charge in [-0.1, -0.05) is 57.2 Å². The Morgan fingerprint density at radius 1 is 0.935 bits per heavy atom. The van der Waals surface area contributed by atoms with Crippen LogP contribution in [-0.4, -0.2) is 38.6 Å². The summed E-state index contributed by atoms with van der Waals surface area (Å²) in [4.78, 5) is 15.0. The lowest BCUT2D eigenvalue weighted by Crippen LogP contribution is -2.39. The van der Waals surface area contributed by atoms with Gasteiger partial charge in [-0.2, -0.15) is 0 Å². The molecule has 2 aromatic carbocycles. The number of halogens is 1. The van der Waals surface area contributed by atoms with Crippen molar-refractivity contribution < 1.29 is 9.53 Å². The van der Waals surface area contributed by atoms with Crippen molar-refractivity contribution in [2.75, 3.05) is 26.7 Å². The number of nitrogens with zero attached hydrogens (tertiary/aromatic N) is 1. The van der Waals surface area contributed by atoms with Crippen LogP contribution in [-0.2, 0) is 23.1 Å². The third kappa shape index (κ3) is 10.0. The van der Waals surface area contributed by atoms with Gasteiger partial charge < -0.3 is 21.1 Å². The Morgan fingerprint density at radius 2 is 1.42 bits per heavy atom. The summed E-state index contributed by atoms with van der Waals surface area (Å²) in [5, 5.41) is 6.69. The molecular weight excluding hydrogens is 503 g/mol. The van der Waals surface area contributed by atoms with Gasteiger partial charge in [-0.3, -0.25) is 9.79 Å². The van der Waals surface area contributed by atoms with Crippen LogP contribution < -0.4 is 21.1 Å². The topological polar surface area (TPSA) is 88.7 Å². The first-order valence-electron chi connectivity index (χ1n) is 10.3. The minimum absolute atomic E-state index is 0. The van der Waals surface area contributed by atoms with Crippen molar-refractivity contribution in [3.05, 3.63) is 65.2 Å². The van der Waals surface area contributed by atoms with Gasteiger partial charge in [0.15, 0.2) is 12.6 Å². The number of nitrogens with one attached hydrogen (secondary N) is 2. The van der Waals surface area contributed by atoms with Crippen molar-refractivity contribution in [1.82, 2.24) is 10.6 Å². The Balaban J connectivity index is 0.00000480. The van der Waals surface area contributed by atoms with E-state index < -0.39 is 5.91 Å². The third-order valence-corrected chi connectivity index (χ3v) is 4.76. The first-order chi connectivity index (χ1) is 14.3. The summed E-state index contributed by atoms with van der Waals surface area (Å²) in [7, 11) is 1.78. The van der Waals surface area contributed by atoms with Crippen molar-refractivity contribution in [2.45, 2.75) is 39.0 Å². The minimum Gasteiger partial charge on any atom is -0.484 e. The molecular formula is C24H35IN4O2. The standard InChI is InChI=1S/C24H34N4O2.HI/c1-24(2,3)20-9-5-18(6-10-20)13-15-27-23(26-4)28-16-14-19-7-11-21(12-8-19)30-17-22(25)29;/h5-12H,13-17H2,1-4H3,(H2,25,29)(H2,26,27,28);1H. The molecule has 0 bridgehead atoms. The third-order valence-electron chi connectivity index (χ3n) is 4.76. The van der Waals surface area contributed by atoms with Gasteiger partial charge in [0.05, 0.1) is 0 Å². The van der Waals surface area contributed by atoms with Crippen molar-refractivity contribution in [2.24, 2.45) is 10.7 Å². The smallest absolute Gasteiger partial charge is 0.255 e. The number of carbonyl (C=O) groups is 1. The first kappa shape index (κ1) is 26.7. The number of carbonyl (C=O) groups excluding carboxylic acids is 1. The molecule has 0 aliphatic carbocycles. The summed E-state index contributed by atoms with van der Waals surface area (Å²) >= 11 is 0. The molecule has 0 radical (unpaired) electrons. The minimum atomic E-state index is -0.482. The second-order valence-corrected chi connectivity index (χ2v) is 8.27. The van der Waals surface area contributed by atoms with E-state index in [1.165, 1.54) is 16.7 Å². The van der Waals surface area contributed by atoms with Crippen LogP contribution in [0, 0.1) is 0 Å². The van der Waals surface area contributed by atoms with Gasteiger partial charge in [0.25, 0.3) is 5.91 Å². The molecule has 2 rings (SSSR count). The van der Waals surface area contributed by atoms with Crippen LogP contribution in [0.1, 0.15) is 37.5 Å². The number of amides is 1. The van der Waals surface area contributed by atoms with Crippen LogP contribution >= 0.6 is 24.0 Å². The lowest BCUT2D eigenvalue weighted by molar-refractivity contribution is -0.119.